The number of thioether (sulfide) groups is 1. The highest BCUT2D eigenvalue weighted by Crippen LogP contribution is 2.69. The molecule has 0 radical (unpaired) electrons. The fourth-order valence-corrected chi connectivity index (χ4v) is 9.85. The molecule has 0 aromatic heterocycles. The minimum atomic E-state index is -3.74. The van der Waals surface area contributed by atoms with Gasteiger partial charge in [0.2, 0.25) is 5.52 Å². The lowest BCUT2D eigenvalue weighted by atomic mass is 10.1. The highest BCUT2D eigenvalue weighted by Gasteiger charge is 2.50. The Hall–Kier alpha value is -0.170. The summed E-state index contributed by atoms with van der Waals surface area (Å²) in [5, 5.41) is 3.15. The molecule has 0 fully saturated rings. The van der Waals surface area contributed by atoms with E-state index < -0.39 is 20.7 Å². The van der Waals surface area contributed by atoms with Crippen molar-refractivity contribution in [2.75, 3.05) is 38.7 Å². The van der Waals surface area contributed by atoms with Crippen molar-refractivity contribution in [1.82, 2.24) is 5.32 Å². The smallest absolute Gasteiger partial charge is 0.307 e. The number of rotatable bonds is 24. The second-order valence-electron chi connectivity index (χ2n) is 8.42. The van der Waals surface area contributed by atoms with Crippen LogP contribution in [-0.4, -0.2) is 44.2 Å². The Labute approximate surface area is 224 Å². The van der Waals surface area contributed by atoms with Crippen LogP contribution in [0, 0.1) is 0 Å². The van der Waals surface area contributed by atoms with Crippen LogP contribution in [0.2, 0.25) is 0 Å². The minimum absolute atomic E-state index is 0.180. The van der Waals surface area contributed by atoms with Crippen molar-refractivity contribution >= 4 is 27.0 Å². The standard InChI is InChI=1S/C26H49NO6P2S/c1-5-30-34(28,31-6-2)26(35(29,32-7-3)33-8-4)27-23-19-14-12-10-9-11-13-15-20-24-36-25-21-17-16-18-22-25/h16-18,21-22,26-27H,5-15,19-20,23-24H2,1-4H3. The van der Waals surface area contributed by atoms with Gasteiger partial charge in [0.25, 0.3) is 0 Å². The van der Waals surface area contributed by atoms with Crippen LogP contribution in [0.3, 0.4) is 0 Å². The van der Waals surface area contributed by atoms with E-state index in [2.05, 4.69) is 35.6 Å². The zero-order chi connectivity index (χ0) is 26.5. The van der Waals surface area contributed by atoms with Gasteiger partial charge in [-0.25, -0.2) is 0 Å². The third kappa shape index (κ3) is 13.6. The molecule has 0 heterocycles. The number of benzene rings is 1. The Bertz CT molecular complexity index is 705. The number of hydrogen-bond acceptors (Lipinski definition) is 8. The Kier molecular flexibility index (Phi) is 19.5. The van der Waals surface area contributed by atoms with Crippen molar-refractivity contribution in [2.24, 2.45) is 0 Å². The largest absolute Gasteiger partial charge is 0.359 e. The maximum Gasteiger partial charge on any atom is 0.359 e. The average Bonchev–Trinajstić information content (AvgIpc) is 2.85. The first kappa shape index (κ1) is 33.9. The van der Waals surface area contributed by atoms with Crippen LogP contribution < -0.4 is 5.32 Å². The molecule has 210 valence electrons. The lowest BCUT2D eigenvalue weighted by Crippen LogP contribution is -2.33. The summed E-state index contributed by atoms with van der Waals surface area (Å²) >= 11 is 1.94. The van der Waals surface area contributed by atoms with Gasteiger partial charge in [0.15, 0.2) is 0 Å². The van der Waals surface area contributed by atoms with Gasteiger partial charge in [-0.15, -0.1) is 11.8 Å². The van der Waals surface area contributed by atoms with Crippen LogP contribution in [0.1, 0.15) is 85.5 Å². The van der Waals surface area contributed by atoms with Gasteiger partial charge in [0.05, 0.1) is 26.4 Å². The van der Waals surface area contributed by atoms with Crippen LogP contribution in [0.15, 0.2) is 35.2 Å². The van der Waals surface area contributed by atoms with Crippen LogP contribution >= 0.6 is 27.0 Å². The maximum absolute atomic E-state index is 13.5. The molecule has 0 bridgehead atoms. The highest BCUT2D eigenvalue weighted by atomic mass is 32.2. The van der Waals surface area contributed by atoms with E-state index >= 15 is 0 Å². The maximum atomic E-state index is 13.5. The molecule has 0 aliphatic carbocycles. The first-order chi connectivity index (χ1) is 17.5. The second kappa shape index (κ2) is 20.7. The van der Waals surface area contributed by atoms with E-state index in [1.165, 1.54) is 49.2 Å². The summed E-state index contributed by atoms with van der Waals surface area (Å²) < 4.78 is 48.9. The van der Waals surface area contributed by atoms with Crippen LogP contribution in [0.25, 0.3) is 0 Å². The predicted octanol–water partition coefficient (Wildman–Crippen LogP) is 8.70. The van der Waals surface area contributed by atoms with Crippen molar-refractivity contribution < 1.29 is 27.2 Å². The first-order valence-corrected chi connectivity index (χ1v) is 17.8. The summed E-state index contributed by atoms with van der Waals surface area (Å²) in [5.41, 5.74) is -1.13. The molecule has 0 amide bonds. The molecule has 0 saturated carbocycles. The monoisotopic (exact) mass is 565 g/mol. The molecule has 10 heteroatoms. The molecule has 7 nitrogen and oxygen atoms in total. The van der Waals surface area contributed by atoms with Gasteiger partial charge in [-0.1, -0.05) is 63.1 Å². The minimum Gasteiger partial charge on any atom is -0.307 e. The summed E-state index contributed by atoms with van der Waals surface area (Å²) in [5.74, 6) is 1.19. The van der Waals surface area contributed by atoms with E-state index in [0.29, 0.717) is 6.54 Å². The molecule has 0 atom stereocenters. The Balaban J connectivity index is 2.29. The number of unbranched alkanes of at least 4 members (excludes halogenated alkanes) is 8. The van der Waals surface area contributed by atoms with E-state index in [0.717, 1.165) is 19.3 Å². The third-order valence-corrected chi connectivity index (χ3v) is 12.3. The van der Waals surface area contributed by atoms with Gasteiger partial charge in [0, 0.05) is 4.90 Å². The normalized spacial score (nSPS) is 12.5. The van der Waals surface area contributed by atoms with Crippen molar-refractivity contribution in [3.63, 3.8) is 0 Å². The molecule has 1 aromatic carbocycles. The highest BCUT2D eigenvalue weighted by molar-refractivity contribution is 7.99. The van der Waals surface area contributed by atoms with Gasteiger partial charge in [-0.2, -0.15) is 0 Å². The topological polar surface area (TPSA) is 83.1 Å². The number of nitrogens with one attached hydrogen (secondary N) is 1. The van der Waals surface area contributed by atoms with Gasteiger partial charge in [-0.05, 0) is 65.0 Å². The SMILES string of the molecule is CCOP(=O)(OCC)C(NCCCCCCCCCCCSc1ccccc1)P(=O)(OCC)OCC. The lowest BCUT2D eigenvalue weighted by Gasteiger charge is -2.31. The molecule has 0 aliphatic rings. The summed E-state index contributed by atoms with van der Waals surface area (Å²) in [4.78, 5) is 1.36. The van der Waals surface area contributed by atoms with Crippen molar-refractivity contribution in [2.45, 2.75) is 95.9 Å². The summed E-state index contributed by atoms with van der Waals surface area (Å²) in [7, 11) is -7.47. The molecular formula is C26H49NO6P2S. The molecular weight excluding hydrogens is 516 g/mol. The molecule has 1 rings (SSSR count). The average molecular weight is 566 g/mol. The molecule has 1 aromatic rings. The summed E-state index contributed by atoms with van der Waals surface area (Å²) in [6.07, 6.45) is 10.7. The van der Waals surface area contributed by atoms with Gasteiger partial charge in [-0.3, -0.25) is 14.4 Å². The van der Waals surface area contributed by atoms with Crippen molar-refractivity contribution in [1.29, 1.82) is 0 Å². The Morgan fingerprint density at radius 1 is 0.667 bits per heavy atom. The predicted molar refractivity (Wildman–Crippen MR) is 152 cm³/mol. The first-order valence-electron chi connectivity index (χ1n) is 13.6. The third-order valence-electron chi connectivity index (χ3n) is 5.50. The van der Waals surface area contributed by atoms with Crippen molar-refractivity contribution in [3.05, 3.63) is 30.3 Å². The van der Waals surface area contributed by atoms with Crippen LogP contribution in [0.4, 0.5) is 0 Å². The van der Waals surface area contributed by atoms with Gasteiger partial charge >= 0.3 is 15.2 Å². The zero-order valence-electron chi connectivity index (χ0n) is 22.8. The van der Waals surface area contributed by atoms with E-state index in [4.69, 9.17) is 18.1 Å². The van der Waals surface area contributed by atoms with E-state index in [9.17, 15) is 9.13 Å². The fourth-order valence-electron chi connectivity index (χ4n) is 3.88. The summed E-state index contributed by atoms with van der Waals surface area (Å²) in [6.45, 7) is 8.20. The quantitative estimate of drug-likeness (QED) is 0.0757. The molecule has 0 aliphatic heterocycles. The number of hydrogen-bond donors (Lipinski definition) is 1. The molecule has 1 N–H and O–H groups in total. The molecule has 36 heavy (non-hydrogen) atoms. The van der Waals surface area contributed by atoms with E-state index in [1.807, 2.05) is 11.8 Å². The summed E-state index contributed by atoms with van der Waals surface area (Å²) in [6, 6.07) is 10.6. The molecule has 0 saturated heterocycles. The van der Waals surface area contributed by atoms with Crippen LogP contribution in [0.5, 0.6) is 0 Å². The van der Waals surface area contributed by atoms with Crippen molar-refractivity contribution in [3.8, 4) is 0 Å². The Morgan fingerprint density at radius 3 is 1.53 bits per heavy atom. The fraction of sp³-hybridized carbons (Fsp3) is 0.769. The zero-order valence-corrected chi connectivity index (χ0v) is 25.4. The lowest BCUT2D eigenvalue weighted by molar-refractivity contribution is 0.190. The van der Waals surface area contributed by atoms with Crippen LogP contribution in [-0.2, 0) is 27.2 Å². The second-order valence-corrected chi connectivity index (χ2v) is 14.2. The Morgan fingerprint density at radius 2 is 1.08 bits per heavy atom. The molecule has 0 unspecified atom stereocenters. The van der Waals surface area contributed by atoms with E-state index in [1.54, 1.807) is 27.7 Å². The van der Waals surface area contributed by atoms with Gasteiger partial charge < -0.3 is 18.1 Å². The van der Waals surface area contributed by atoms with E-state index in [-0.39, 0.29) is 26.4 Å². The van der Waals surface area contributed by atoms with Gasteiger partial charge in [0.1, 0.15) is 0 Å². The molecule has 0 spiro atoms.